The molecule has 7 aromatic carbocycles. The fourth-order valence-corrected chi connectivity index (χ4v) is 7.31. The Morgan fingerprint density at radius 2 is 0.930 bits per heavy atom. The minimum atomic E-state index is 1.20. The Bertz CT molecular complexity index is 2230. The molecule has 1 aromatic heterocycles. The number of benzene rings is 7. The summed E-state index contributed by atoms with van der Waals surface area (Å²) in [4.78, 5) is 2.56. The summed E-state index contributed by atoms with van der Waals surface area (Å²) in [6, 6.07) is 57.2. The molecule has 43 heavy (non-hydrogen) atoms. The highest BCUT2D eigenvalue weighted by Gasteiger charge is 2.18. The Balaban J connectivity index is 1.27. The average molecular weight is 565 g/mol. The molecule has 1 heterocycles. The van der Waals surface area contributed by atoms with Gasteiger partial charge in [0.2, 0.25) is 0 Å². The van der Waals surface area contributed by atoms with Gasteiger partial charge in [-0.2, -0.15) is 0 Å². The average Bonchev–Trinajstić information content (AvgIpc) is 3.56. The van der Waals surface area contributed by atoms with Crippen LogP contribution in [0.4, 0.5) is 0 Å². The van der Waals surface area contributed by atoms with Crippen LogP contribution in [0.15, 0.2) is 158 Å². The van der Waals surface area contributed by atoms with E-state index < -0.39 is 0 Å². The molecule has 0 N–H and O–H groups in total. The molecule has 8 rings (SSSR count). The Labute approximate surface area is 255 Å². The van der Waals surface area contributed by atoms with Gasteiger partial charge in [-0.05, 0) is 84.4 Å². The zero-order chi connectivity index (χ0) is 28.6. The summed E-state index contributed by atoms with van der Waals surface area (Å²) in [6.45, 7) is 0. The van der Waals surface area contributed by atoms with Crippen LogP contribution in [0.3, 0.4) is 0 Å². The fraction of sp³-hybridized carbons (Fsp3) is 0. The van der Waals surface area contributed by atoms with Crippen LogP contribution < -0.4 is 0 Å². The van der Waals surface area contributed by atoms with E-state index in [2.05, 4.69) is 170 Å². The zero-order valence-corrected chi connectivity index (χ0v) is 24.4. The van der Waals surface area contributed by atoms with Gasteiger partial charge in [0.1, 0.15) is 0 Å². The topological polar surface area (TPSA) is 0 Å². The van der Waals surface area contributed by atoms with Gasteiger partial charge in [-0.25, -0.2) is 0 Å². The van der Waals surface area contributed by atoms with Gasteiger partial charge < -0.3 is 0 Å². The lowest BCUT2D eigenvalue weighted by molar-refractivity contribution is 1.64. The van der Waals surface area contributed by atoms with E-state index in [1.807, 2.05) is 11.3 Å². The van der Waals surface area contributed by atoms with Crippen molar-refractivity contribution >= 4 is 55.8 Å². The van der Waals surface area contributed by atoms with Crippen molar-refractivity contribution in [3.8, 4) is 32.0 Å². The van der Waals surface area contributed by atoms with Gasteiger partial charge in [0.05, 0.1) is 0 Å². The molecule has 0 aliphatic rings. The third-order valence-corrected chi connectivity index (χ3v) is 9.41. The van der Waals surface area contributed by atoms with E-state index in [0.717, 1.165) is 0 Å². The summed E-state index contributed by atoms with van der Waals surface area (Å²) in [5, 5.41) is 7.68. The summed E-state index contributed by atoms with van der Waals surface area (Å²) in [5.41, 5.74) is 7.52. The van der Waals surface area contributed by atoms with Gasteiger partial charge in [-0.15, -0.1) is 11.3 Å². The van der Waals surface area contributed by atoms with Gasteiger partial charge in [0.25, 0.3) is 0 Å². The van der Waals surface area contributed by atoms with Crippen LogP contribution in [0.1, 0.15) is 11.1 Å². The first-order chi connectivity index (χ1) is 21.3. The Morgan fingerprint density at radius 1 is 0.349 bits per heavy atom. The SMILES string of the molecule is C(=Cc1cccc(-c2ccc(-c3c4ccccc4c(-c4ccc5ccccc5c4)c4ccccc34)s2)c1)c1ccccc1. The van der Waals surface area contributed by atoms with Crippen LogP contribution in [0.25, 0.3) is 76.5 Å². The highest BCUT2D eigenvalue weighted by molar-refractivity contribution is 7.19. The first kappa shape index (κ1) is 25.5. The number of hydrogen-bond acceptors (Lipinski definition) is 1. The summed E-state index contributed by atoms with van der Waals surface area (Å²) >= 11 is 1.87. The molecule has 0 saturated heterocycles. The van der Waals surface area contributed by atoms with Gasteiger partial charge in [-0.3, -0.25) is 0 Å². The second kappa shape index (κ2) is 10.9. The Hall–Kier alpha value is -5.24. The maximum Gasteiger partial charge on any atom is 0.0361 e. The molecule has 0 aliphatic carbocycles. The molecular formula is C42H28S. The molecule has 0 aliphatic heterocycles. The molecule has 0 radical (unpaired) electrons. The van der Waals surface area contributed by atoms with E-state index in [1.54, 1.807) is 0 Å². The molecule has 0 amide bonds. The van der Waals surface area contributed by atoms with E-state index in [0.29, 0.717) is 0 Å². The lowest BCUT2D eigenvalue weighted by atomic mass is 9.87. The molecular weight excluding hydrogens is 537 g/mol. The molecule has 202 valence electrons. The Kier molecular flexibility index (Phi) is 6.44. The standard InChI is InChI=1S/C42H28S/c1-2-11-29(12-3-1)21-22-30-13-10-16-33(27-30)39-25-26-40(43-39)42-37-19-8-6-17-35(37)41(36-18-7-9-20-38(36)42)34-24-23-31-14-4-5-15-32(31)28-34/h1-28H. The molecule has 0 saturated carbocycles. The number of fused-ring (bicyclic) bond motifs is 3. The van der Waals surface area contributed by atoms with E-state index in [9.17, 15) is 0 Å². The Morgan fingerprint density at radius 3 is 1.67 bits per heavy atom. The van der Waals surface area contributed by atoms with Crippen molar-refractivity contribution < 1.29 is 0 Å². The van der Waals surface area contributed by atoms with E-state index in [1.165, 1.54) is 75.5 Å². The third kappa shape index (κ3) is 4.74. The van der Waals surface area contributed by atoms with Crippen LogP contribution >= 0.6 is 11.3 Å². The number of rotatable bonds is 5. The first-order valence-corrected chi connectivity index (χ1v) is 15.5. The van der Waals surface area contributed by atoms with Crippen LogP contribution in [0.5, 0.6) is 0 Å². The van der Waals surface area contributed by atoms with Crippen molar-refractivity contribution in [3.05, 3.63) is 169 Å². The maximum atomic E-state index is 2.34. The van der Waals surface area contributed by atoms with Crippen molar-refractivity contribution in [3.63, 3.8) is 0 Å². The van der Waals surface area contributed by atoms with Gasteiger partial charge >= 0.3 is 0 Å². The predicted molar refractivity (Wildman–Crippen MR) is 189 cm³/mol. The van der Waals surface area contributed by atoms with Crippen LogP contribution in [0, 0.1) is 0 Å². The number of hydrogen-bond donors (Lipinski definition) is 0. The largest absolute Gasteiger partial charge is 0.135 e. The van der Waals surface area contributed by atoms with Crippen molar-refractivity contribution in [2.45, 2.75) is 0 Å². The first-order valence-electron chi connectivity index (χ1n) is 14.7. The molecule has 0 bridgehead atoms. The summed E-state index contributed by atoms with van der Waals surface area (Å²) in [5.74, 6) is 0. The molecule has 0 fully saturated rings. The lowest BCUT2D eigenvalue weighted by Gasteiger charge is -2.17. The highest BCUT2D eigenvalue weighted by atomic mass is 32.1. The quantitative estimate of drug-likeness (QED) is 0.144. The normalized spacial score (nSPS) is 11.6. The van der Waals surface area contributed by atoms with Crippen LogP contribution in [0.2, 0.25) is 0 Å². The maximum absolute atomic E-state index is 2.34. The van der Waals surface area contributed by atoms with Gasteiger partial charge in [-0.1, -0.05) is 146 Å². The lowest BCUT2D eigenvalue weighted by Crippen LogP contribution is -1.89. The number of thiophene rings is 1. The second-order valence-electron chi connectivity index (χ2n) is 10.9. The van der Waals surface area contributed by atoms with E-state index in [-0.39, 0.29) is 0 Å². The summed E-state index contributed by atoms with van der Waals surface area (Å²) in [6.07, 6.45) is 4.37. The van der Waals surface area contributed by atoms with E-state index >= 15 is 0 Å². The molecule has 8 aromatic rings. The molecule has 0 nitrogen and oxygen atoms in total. The zero-order valence-electron chi connectivity index (χ0n) is 23.6. The van der Waals surface area contributed by atoms with Crippen molar-refractivity contribution in [2.75, 3.05) is 0 Å². The van der Waals surface area contributed by atoms with Crippen molar-refractivity contribution in [1.29, 1.82) is 0 Å². The third-order valence-electron chi connectivity index (χ3n) is 8.26. The molecule has 0 atom stereocenters. The predicted octanol–water partition coefficient (Wildman–Crippen LogP) is 12.4. The van der Waals surface area contributed by atoms with Crippen LogP contribution in [-0.4, -0.2) is 0 Å². The minimum absolute atomic E-state index is 1.20. The van der Waals surface area contributed by atoms with Crippen molar-refractivity contribution in [1.82, 2.24) is 0 Å². The van der Waals surface area contributed by atoms with Gasteiger partial charge in [0.15, 0.2) is 0 Å². The van der Waals surface area contributed by atoms with E-state index in [4.69, 9.17) is 0 Å². The van der Waals surface area contributed by atoms with Crippen LogP contribution in [-0.2, 0) is 0 Å². The molecule has 0 spiro atoms. The van der Waals surface area contributed by atoms with Crippen molar-refractivity contribution in [2.24, 2.45) is 0 Å². The minimum Gasteiger partial charge on any atom is -0.135 e. The summed E-state index contributed by atoms with van der Waals surface area (Å²) < 4.78 is 0. The molecule has 0 unspecified atom stereocenters. The molecule has 1 heteroatoms. The fourth-order valence-electron chi connectivity index (χ4n) is 6.23. The highest BCUT2D eigenvalue weighted by Crippen LogP contribution is 2.46. The smallest absolute Gasteiger partial charge is 0.0361 e. The summed E-state index contributed by atoms with van der Waals surface area (Å²) in [7, 11) is 0. The van der Waals surface area contributed by atoms with Gasteiger partial charge in [0, 0.05) is 15.3 Å². The monoisotopic (exact) mass is 564 g/mol. The second-order valence-corrected chi connectivity index (χ2v) is 12.0.